The summed E-state index contributed by atoms with van der Waals surface area (Å²) in [6.07, 6.45) is 0. The highest BCUT2D eigenvalue weighted by molar-refractivity contribution is 6.12. The van der Waals surface area contributed by atoms with E-state index in [1.165, 1.54) is 12.1 Å². The molecule has 0 radical (unpaired) electrons. The summed E-state index contributed by atoms with van der Waals surface area (Å²) in [5, 5.41) is 2.92. The molecule has 2 aromatic rings. The minimum Gasteiger partial charge on any atom is -0.486 e. The van der Waals surface area contributed by atoms with Gasteiger partial charge in [0, 0.05) is 11.6 Å². The molecular formula is C15H11NO4. The molecule has 0 unspecified atom stereocenters. The number of ether oxygens (including phenoxy) is 2. The Hall–Kier alpha value is -2.69. The fourth-order valence-electron chi connectivity index (χ4n) is 2.08. The summed E-state index contributed by atoms with van der Waals surface area (Å²) in [5.74, 6) is 0.635. The maximum atomic E-state index is 12.4. The molecule has 1 heterocycles. The highest BCUT2D eigenvalue weighted by Gasteiger charge is 2.21. The number of nitrogens with zero attached hydrogens (tertiary/aromatic N) is 1. The summed E-state index contributed by atoms with van der Waals surface area (Å²) in [6.45, 7) is 0.830. The SMILES string of the molecule is O=Nc1cc2c(cc1C(=O)c1ccccc1)OCCO2. The van der Waals surface area contributed by atoms with Gasteiger partial charge >= 0.3 is 0 Å². The van der Waals surface area contributed by atoms with Gasteiger partial charge in [0.1, 0.15) is 18.9 Å². The summed E-state index contributed by atoms with van der Waals surface area (Å²) in [7, 11) is 0. The van der Waals surface area contributed by atoms with Crippen molar-refractivity contribution in [2.75, 3.05) is 13.2 Å². The molecule has 0 spiro atoms. The lowest BCUT2D eigenvalue weighted by Crippen LogP contribution is -2.16. The highest BCUT2D eigenvalue weighted by Crippen LogP contribution is 2.37. The van der Waals surface area contributed by atoms with Crippen molar-refractivity contribution in [1.29, 1.82) is 0 Å². The van der Waals surface area contributed by atoms with Crippen molar-refractivity contribution >= 4 is 11.5 Å². The first kappa shape index (κ1) is 12.3. The van der Waals surface area contributed by atoms with Crippen LogP contribution < -0.4 is 9.47 Å². The molecule has 100 valence electrons. The van der Waals surface area contributed by atoms with E-state index in [-0.39, 0.29) is 17.0 Å². The van der Waals surface area contributed by atoms with Gasteiger partial charge in [-0.25, -0.2) is 0 Å². The predicted molar refractivity (Wildman–Crippen MR) is 72.8 cm³/mol. The number of hydrogen-bond acceptors (Lipinski definition) is 5. The zero-order chi connectivity index (χ0) is 13.9. The lowest BCUT2D eigenvalue weighted by molar-refractivity contribution is 0.103. The van der Waals surface area contributed by atoms with Gasteiger partial charge in [-0.15, -0.1) is 4.91 Å². The first-order valence-corrected chi connectivity index (χ1v) is 6.16. The van der Waals surface area contributed by atoms with Crippen LogP contribution >= 0.6 is 0 Å². The Balaban J connectivity index is 2.08. The van der Waals surface area contributed by atoms with Crippen molar-refractivity contribution in [3.05, 3.63) is 58.5 Å². The standard InChI is InChI=1S/C15H11NO4/c17-15(10-4-2-1-3-5-10)11-8-13-14(9-12(11)16-18)20-7-6-19-13/h1-5,8-9H,6-7H2. The first-order valence-electron chi connectivity index (χ1n) is 6.16. The monoisotopic (exact) mass is 269 g/mol. The molecule has 0 saturated carbocycles. The second-order valence-corrected chi connectivity index (χ2v) is 4.30. The molecule has 5 nitrogen and oxygen atoms in total. The van der Waals surface area contributed by atoms with Crippen LogP contribution in [0.3, 0.4) is 0 Å². The Morgan fingerprint density at radius 3 is 2.30 bits per heavy atom. The van der Waals surface area contributed by atoms with Gasteiger partial charge in [0.15, 0.2) is 17.3 Å². The number of rotatable bonds is 3. The summed E-state index contributed by atoms with van der Waals surface area (Å²) in [5.41, 5.74) is 0.771. The molecule has 0 atom stereocenters. The topological polar surface area (TPSA) is 65.0 Å². The Bertz CT molecular complexity index is 667. The number of ketones is 1. The number of nitroso groups, excluding NO2 is 1. The van der Waals surface area contributed by atoms with E-state index in [1.807, 2.05) is 6.07 Å². The molecule has 0 saturated heterocycles. The number of fused-ring (bicyclic) bond motifs is 1. The molecule has 0 amide bonds. The molecule has 0 bridgehead atoms. The molecule has 0 aromatic heterocycles. The Labute approximate surface area is 115 Å². The lowest BCUT2D eigenvalue weighted by Gasteiger charge is -2.19. The minimum atomic E-state index is -0.267. The number of hydrogen-bond donors (Lipinski definition) is 0. The van der Waals surface area contributed by atoms with E-state index in [2.05, 4.69) is 5.18 Å². The van der Waals surface area contributed by atoms with E-state index in [4.69, 9.17) is 9.47 Å². The first-order chi connectivity index (χ1) is 9.79. The van der Waals surface area contributed by atoms with Crippen molar-refractivity contribution in [2.24, 2.45) is 5.18 Å². The van der Waals surface area contributed by atoms with E-state index in [0.717, 1.165) is 0 Å². The fraction of sp³-hybridized carbons (Fsp3) is 0.133. The molecule has 2 aromatic carbocycles. The van der Waals surface area contributed by atoms with E-state index < -0.39 is 0 Å². The molecular weight excluding hydrogens is 258 g/mol. The largest absolute Gasteiger partial charge is 0.486 e. The van der Waals surface area contributed by atoms with Crippen molar-refractivity contribution in [3.8, 4) is 11.5 Å². The van der Waals surface area contributed by atoms with Gasteiger partial charge in [-0.2, -0.15) is 0 Å². The van der Waals surface area contributed by atoms with Crippen LogP contribution in [0.5, 0.6) is 11.5 Å². The van der Waals surface area contributed by atoms with Crippen molar-refractivity contribution in [3.63, 3.8) is 0 Å². The maximum Gasteiger partial charge on any atom is 0.195 e. The molecule has 20 heavy (non-hydrogen) atoms. The Kier molecular flexibility index (Phi) is 3.16. The molecule has 1 aliphatic rings. The Morgan fingerprint density at radius 2 is 1.65 bits per heavy atom. The second kappa shape index (κ2) is 5.13. The predicted octanol–water partition coefficient (Wildman–Crippen LogP) is 3.09. The van der Waals surface area contributed by atoms with Crippen LogP contribution in [-0.4, -0.2) is 19.0 Å². The zero-order valence-electron chi connectivity index (χ0n) is 10.5. The third kappa shape index (κ3) is 2.14. The average Bonchev–Trinajstić information content (AvgIpc) is 2.53. The summed E-state index contributed by atoms with van der Waals surface area (Å²) in [4.78, 5) is 23.4. The average molecular weight is 269 g/mol. The van der Waals surface area contributed by atoms with Crippen LogP contribution in [0.1, 0.15) is 15.9 Å². The van der Waals surface area contributed by atoms with E-state index in [9.17, 15) is 9.70 Å². The number of benzene rings is 2. The van der Waals surface area contributed by atoms with Crippen LogP contribution in [-0.2, 0) is 0 Å². The van der Waals surface area contributed by atoms with E-state index in [1.54, 1.807) is 24.3 Å². The van der Waals surface area contributed by atoms with E-state index in [0.29, 0.717) is 30.3 Å². The van der Waals surface area contributed by atoms with Crippen molar-refractivity contribution in [1.82, 2.24) is 0 Å². The normalized spacial score (nSPS) is 12.8. The minimum absolute atomic E-state index is 0.0584. The summed E-state index contributed by atoms with van der Waals surface area (Å²) < 4.78 is 10.8. The lowest BCUT2D eigenvalue weighted by atomic mass is 10.0. The van der Waals surface area contributed by atoms with Gasteiger partial charge in [-0.1, -0.05) is 30.3 Å². The molecule has 0 aliphatic carbocycles. The molecule has 5 heteroatoms. The van der Waals surface area contributed by atoms with Crippen LogP contribution in [0.4, 0.5) is 5.69 Å². The van der Waals surface area contributed by atoms with Gasteiger partial charge in [0.05, 0.1) is 5.56 Å². The summed E-state index contributed by atoms with van der Waals surface area (Å²) in [6, 6.07) is 11.7. The molecule has 0 fully saturated rings. The number of carbonyl (C=O) groups excluding carboxylic acids is 1. The van der Waals surface area contributed by atoms with Crippen LogP contribution in [0, 0.1) is 4.91 Å². The van der Waals surface area contributed by atoms with Gasteiger partial charge in [-0.05, 0) is 11.2 Å². The van der Waals surface area contributed by atoms with Crippen molar-refractivity contribution in [2.45, 2.75) is 0 Å². The third-order valence-electron chi connectivity index (χ3n) is 3.04. The zero-order valence-corrected chi connectivity index (χ0v) is 10.5. The maximum absolute atomic E-state index is 12.4. The smallest absolute Gasteiger partial charge is 0.195 e. The fourth-order valence-corrected chi connectivity index (χ4v) is 2.08. The van der Waals surface area contributed by atoms with Crippen LogP contribution in [0.25, 0.3) is 0 Å². The van der Waals surface area contributed by atoms with Gasteiger partial charge in [0.2, 0.25) is 0 Å². The molecule has 3 rings (SSSR count). The molecule has 1 aliphatic heterocycles. The summed E-state index contributed by atoms with van der Waals surface area (Å²) >= 11 is 0. The van der Waals surface area contributed by atoms with Gasteiger partial charge in [-0.3, -0.25) is 4.79 Å². The Morgan fingerprint density at radius 1 is 1.00 bits per heavy atom. The second-order valence-electron chi connectivity index (χ2n) is 4.30. The molecule has 0 N–H and O–H groups in total. The van der Waals surface area contributed by atoms with Crippen LogP contribution in [0.15, 0.2) is 47.6 Å². The van der Waals surface area contributed by atoms with E-state index >= 15 is 0 Å². The number of carbonyl (C=O) groups is 1. The van der Waals surface area contributed by atoms with Crippen molar-refractivity contribution < 1.29 is 14.3 Å². The quantitative estimate of drug-likeness (QED) is 0.634. The van der Waals surface area contributed by atoms with Gasteiger partial charge < -0.3 is 9.47 Å². The highest BCUT2D eigenvalue weighted by atomic mass is 16.6. The van der Waals surface area contributed by atoms with Gasteiger partial charge in [0.25, 0.3) is 0 Å². The third-order valence-corrected chi connectivity index (χ3v) is 3.04. The van der Waals surface area contributed by atoms with Crippen LogP contribution in [0.2, 0.25) is 0 Å².